The van der Waals surface area contributed by atoms with Crippen LogP contribution in [0.4, 0.5) is 13.2 Å². The van der Waals surface area contributed by atoms with Crippen LogP contribution >= 0.6 is 0 Å². The van der Waals surface area contributed by atoms with Gasteiger partial charge in [-0.15, -0.1) is 0 Å². The van der Waals surface area contributed by atoms with E-state index in [9.17, 15) is 23.1 Å². The maximum Gasteiger partial charge on any atom is 0.392 e. The normalized spacial score (nSPS) is 33.1. The smallest absolute Gasteiger partial charge is 0.392 e. The van der Waals surface area contributed by atoms with E-state index in [0.717, 1.165) is 37.7 Å². The first-order valence-electron chi connectivity index (χ1n) is 12.9. The molecule has 2 saturated carbocycles. The van der Waals surface area contributed by atoms with Gasteiger partial charge in [0.05, 0.1) is 17.9 Å². The molecule has 6 heteroatoms. The maximum atomic E-state index is 14.2. The SMILES string of the molecule is CC(C)(C)C(=O)OCCCC[C@@H]1C[C@H](C(F)(F)F)[C@@]2(C)CCC3c4ccc(O)cc4CCC3C12. The number of phenols is 1. The largest absolute Gasteiger partial charge is 0.508 e. The van der Waals surface area contributed by atoms with E-state index in [4.69, 9.17) is 4.74 Å². The summed E-state index contributed by atoms with van der Waals surface area (Å²) >= 11 is 0. The van der Waals surface area contributed by atoms with Gasteiger partial charge in [0, 0.05) is 0 Å². The predicted molar refractivity (Wildman–Crippen MR) is 125 cm³/mol. The highest BCUT2D eigenvalue weighted by Gasteiger charge is 2.64. The Kier molecular flexibility index (Phi) is 6.76. The molecule has 2 fully saturated rings. The lowest BCUT2D eigenvalue weighted by Crippen LogP contribution is -2.46. The Morgan fingerprint density at radius 1 is 1.18 bits per heavy atom. The number of hydrogen-bond acceptors (Lipinski definition) is 3. The first-order valence-corrected chi connectivity index (χ1v) is 12.9. The number of fused-ring (bicyclic) bond motifs is 5. The molecule has 6 atom stereocenters. The van der Waals surface area contributed by atoms with E-state index < -0.39 is 22.9 Å². The summed E-state index contributed by atoms with van der Waals surface area (Å²) in [5.41, 5.74) is 1.14. The zero-order valence-corrected chi connectivity index (χ0v) is 20.9. The Morgan fingerprint density at radius 3 is 2.59 bits per heavy atom. The molecule has 4 rings (SSSR count). The molecule has 0 heterocycles. The van der Waals surface area contributed by atoms with Crippen LogP contribution in [0.2, 0.25) is 0 Å². The van der Waals surface area contributed by atoms with Crippen molar-refractivity contribution in [3.05, 3.63) is 29.3 Å². The van der Waals surface area contributed by atoms with Crippen molar-refractivity contribution < 1.29 is 27.8 Å². The van der Waals surface area contributed by atoms with Crippen LogP contribution in [0, 0.1) is 34.5 Å². The van der Waals surface area contributed by atoms with Gasteiger partial charge in [0.25, 0.3) is 0 Å². The minimum absolute atomic E-state index is 0.0430. The highest BCUT2D eigenvalue weighted by molar-refractivity contribution is 5.75. The summed E-state index contributed by atoms with van der Waals surface area (Å²) in [4.78, 5) is 12.0. The first-order chi connectivity index (χ1) is 15.8. The molecule has 0 spiro atoms. The zero-order valence-electron chi connectivity index (χ0n) is 20.9. The molecule has 0 amide bonds. The van der Waals surface area contributed by atoms with Gasteiger partial charge in [-0.3, -0.25) is 4.79 Å². The third kappa shape index (κ3) is 4.70. The van der Waals surface area contributed by atoms with Crippen molar-refractivity contribution in [2.45, 2.75) is 91.2 Å². The van der Waals surface area contributed by atoms with Crippen molar-refractivity contribution >= 4 is 5.97 Å². The average molecular weight is 481 g/mol. The van der Waals surface area contributed by atoms with E-state index in [1.807, 2.05) is 39.8 Å². The number of aromatic hydroxyl groups is 1. The van der Waals surface area contributed by atoms with E-state index in [-0.39, 0.29) is 41.8 Å². The van der Waals surface area contributed by atoms with Crippen molar-refractivity contribution in [3.8, 4) is 5.75 Å². The number of rotatable bonds is 5. The second-order valence-electron chi connectivity index (χ2n) is 12.2. The Labute approximate surface area is 201 Å². The van der Waals surface area contributed by atoms with Gasteiger partial charge in [-0.05, 0) is 118 Å². The second-order valence-corrected chi connectivity index (χ2v) is 12.2. The lowest BCUT2D eigenvalue weighted by molar-refractivity contribution is -0.208. The number of alkyl halides is 3. The first kappa shape index (κ1) is 25.4. The molecule has 190 valence electrons. The average Bonchev–Trinajstić information content (AvgIpc) is 3.05. The van der Waals surface area contributed by atoms with Gasteiger partial charge < -0.3 is 9.84 Å². The molecule has 3 aliphatic carbocycles. The summed E-state index contributed by atoms with van der Waals surface area (Å²) in [7, 11) is 0. The molecular weight excluding hydrogens is 441 g/mol. The Bertz CT molecular complexity index is 903. The van der Waals surface area contributed by atoms with Crippen LogP contribution < -0.4 is 0 Å². The summed E-state index contributed by atoms with van der Waals surface area (Å²) < 4.78 is 48.0. The summed E-state index contributed by atoms with van der Waals surface area (Å²) in [5.74, 6) is -0.577. The van der Waals surface area contributed by atoms with Gasteiger partial charge in [-0.2, -0.15) is 13.2 Å². The number of ether oxygens (including phenoxy) is 1. The quantitative estimate of drug-likeness (QED) is 0.352. The Morgan fingerprint density at radius 2 is 1.91 bits per heavy atom. The number of carbonyl (C=O) groups excluding carboxylic acids is 1. The molecule has 0 aliphatic heterocycles. The Balaban J connectivity index is 1.50. The lowest BCUT2D eigenvalue weighted by atomic mass is 9.52. The lowest BCUT2D eigenvalue weighted by Gasteiger charge is -2.52. The molecule has 0 radical (unpaired) electrons. The third-order valence-corrected chi connectivity index (χ3v) is 9.06. The molecular formula is C28H39F3O3. The van der Waals surface area contributed by atoms with Crippen molar-refractivity contribution in [2.24, 2.45) is 34.5 Å². The van der Waals surface area contributed by atoms with Gasteiger partial charge in [0.1, 0.15) is 5.75 Å². The van der Waals surface area contributed by atoms with Gasteiger partial charge in [-0.25, -0.2) is 0 Å². The van der Waals surface area contributed by atoms with E-state index >= 15 is 0 Å². The summed E-state index contributed by atoms with van der Waals surface area (Å²) in [6.45, 7) is 7.68. The molecule has 0 saturated heterocycles. The standard InChI is InChI=1S/C28H39F3O3/c1-26(2,3)25(33)34-14-6-5-7-18-16-23(28(29,30)31)27(4)13-12-21-20-11-9-19(32)15-17(20)8-10-22(21)24(18)27/h9,11,15,18,21-24,32H,5-8,10,12-14,16H2,1-4H3/t18-,21?,22?,23+,24?,27-/m1/s1. The summed E-state index contributed by atoms with van der Waals surface area (Å²) in [6, 6.07) is 5.56. The molecule has 1 aromatic rings. The van der Waals surface area contributed by atoms with Crippen molar-refractivity contribution in [1.29, 1.82) is 0 Å². The van der Waals surface area contributed by atoms with Crippen LogP contribution in [0.3, 0.4) is 0 Å². The van der Waals surface area contributed by atoms with Crippen molar-refractivity contribution in [2.75, 3.05) is 6.61 Å². The number of phenolic OH excluding ortho intramolecular Hbond substituents is 1. The molecule has 3 nitrogen and oxygen atoms in total. The number of benzene rings is 1. The van der Waals surface area contributed by atoms with Crippen LogP contribution in [0.25, 0.3) is 0 Å². The van der Waals surface area contributed by atoms with Crippen molar-refractivity contribution in [1.82, 2.24) is 0 Å². The molecule has 0 bridgehead atoms. The third-order valence-electron chi connectivity index (χ3n) is 9.06. The highest BCUT2D eigenvalue weighted by atomic mass is 19.4. The van der Waals surface area contributed by atoms with Crippen LogP contribution in [0.5, 0.6) is 5.75 Å². The second kappa shape index (κ2) is 9.05. The number of unbranched alkanes of at least 4 members (excludes halogenated alkanes) is 1. The Hall–Kier alpha value is -1.72. The van der Waals surface area contributed by atoms with Crippen molar-refractivity contribution in [3.63, 3.8) is 0 Å². The van der Waals surface area contributed by atoms with Gasteiger partial charge in [0.15, 0.2) is 0 Å². The van der Waals surface area contributed by atoms with Crippen LogP contribution in [-0.2, 0) is 16.0 Å². The minimum atomic E-state index is -4.17. The summed E-state index contributed by atoms with van der Waals surface area (Å²) in [5, 5.41) is 9.91. The summed E-state index contributed by atoms with van der Waals surface area (Å²) in [6.07, 6.45) is 1.38. The molecule has 1 aromatic carbocycles. The fourth-order valence-electron chi connectivity index (χ4n) is 7.55. The minimum Gasteiger partial charge on any atom is -0.508 e. The monoisotopic (exact) mass is 480 g/mol. The van der Waals surface area contributed by atoms with Gasteiger partial charge in [-0.1, -0.05) is 19.4 Å². The molecule has 34 heavy (non-hydrogen) atoms. The number of carbonyl (C=O) groups is 1. The van der Waals surface area contributed by atoms with Crippen LogP contribution in [0.1, 0.15) is 89.7 Å². The number of aryl methyl sites for hydroxylation is 1. The molecule has 3 unspecified atom stereocenters. The fourth-order valence-corrected chi connectivity index (χ4v) is 7.55. The highest BCUT2D eigenvalue weighted by Crippen LogP contribution is 2.68. The van der Waals surface area contributed by atoms with E-state index in [2.05, 4.69) is 0 Å². The van der Waals surface area contributed by atoms with Crippen LogP contribution in [0.15, 0.2) is 18.2 Å². The fraction of sp³-hybridized carbons (Fsp3) is 0.750. The zero-order chi connectivity index (χ0) is 24.9. The van der Waals surface area contributed by atoms with E-state index in [0.29, 0.717) is 19.4 Å². The van der Waals surface area contributed by atoms with E-state index in [1.54, 1.807) is 6.07 Å². The number of esters is 1. The molecule has 0 aromatic heterocycles. The van der Waals surface area contributed by atoms with Gasteiger partial charge >= 0.3 is 12.1 Å². The van der Waals surface area contributed by atoms with E-state index in [1.165, 1.54) is 5.56 Å². The van der Waals surface area contributed by atoms with Crippen LogP contribution in [-0.4, -0.2) is 23.9 Å². The van der Waals surface area contributed by atoms with Gasteiger partial charge in [0.2, 0.25) is 0 Å². The number of hydrogen-bond donors (Lipinski definition) is 1. The topological polar surface area (TPSA) is 46.5 Å². The number of halogens is 3. The molecule has 1 N–H and O–H groups in total. The maximum absolute atomic E-state index is 14.2. The predicted octanol–water partition coefficient (Wildman–Crippen LogP) is 7.41. The molecule has 3 aliphatic rings.